The van der Waals surface area contributed by atoms with Crippen LogP contribution < -0.4 is 5.32 Å². The molecule has 0 amide bonds. The van der Waals surface area contributed by atoms with Gasteiger partial charge in [0.15, 0.2) is 9.84 Å². The largest absolute Gasteiger partial charge is 0.373 e. The molecule has 90 valence electrons. The molecule has 0 fully saturated rings. The maximum Gasteiger partial charge on any atom is 0.157 e. The SMILES string of the molecule is CNc1nc(C(C)S(C)(=O)=O)nc(C)c1C. The fraction of sp³-hybridized carbons (Fsp3) is 0.600. The quantitative estimate of drug-likeness (QED) is 0.864. The van der Waals surface area contributed by atoms with E-state index < -0.39 is 15.1 Å². The molecule has 1 aromatic rings. The highest BCUT2D eigenvalue weighted by molar-refractivity contribution is 7.90. The normalized spacial score (nSPS) is 13.6. The standard InChI is InChI=1S/C10H17N3O2S/c1-6-7(2)12-10(13-9(6)11-4)8(3)16(5,14)15/h8H,1-5H3,(H,11,12,13). The number of nitrogens with zero attached hydrogens (tertiary/aromatic N) is 2. The van der Waals surface area contributed by atoms with Crippen LogP contribution in [0.4, 0.5) is 5.82 Å². The number of nitrogens with one attached hydrogen (secondary N) is 1. The third kappa shape index (κ3) is 2.49. The van der Waals surface area contributed by atoms with Gasteiger partial charge < -0.3 is 5.32 Å². The monoisotopic (exact) mass is 243 g/mol. The minimum atomic E-state index is -3.16. The minimum Gasteiger partial charge on any atom is -0.373 e. The number of aryl methyl sites for hydroxylation is 1. The van der Waals surface area contributed by atoms with Crippen LogP contribution in [0.2, 0.25) is 0 Å². The van der Waals surface area contributed by atoms with Crippen LogP contribution in [0.5, 0.6) is 0 Å². The Morgan fingerprint density at radius 1 is 1.25 bits per heavy atom. The summed E-state index contributed by atoms with van der Waals surface area (Å²) in [4.78, 5) is 8.43. The van der Waals surface area contributed by atoms with Gasteiger partial charge in [0, 0.05) is 24.6 Å². The molecule has 0 aliphatic rings. The molecule has 0 radical (unpaired) electrons. The van der Waals surface area contributed by atoms with Crippen molar-refractivity contribution in [1.82, 2.24) is 9.97 Å². The highest BCUT2D eigenvalue weighted by atomic mass is 32.2. The number of aromatic nitrogens is 2. The van der Waals surface area contributed by atoms with Gasteiger partial charge in [-0.1, -0.05) is 0 Å². The highest BCUT2D eigenvalue weighted by Crippen LogP contribution is 2.21. The summed E-state index contributed by atoms with van der Waals surface area (Å²) in [5, 5.41) is 2.26. The maximum absolute atomic E-state index is 11.4. The van der Waals surface area contributed by atoms with Crippen LogP contribution in [0.15, 0.2) is 0 Å². The van der Waals surface area contributed by atoms with Crippen LogP contribution in [0, 0.1) is 13.8 Å². The summed E-state index contributed by atoms with van der Waals surface area (Å²) in [6.45, 7) is 5.34. The lowest BCUT2D eigenvalue weighted by atomic mass is 10.2. The molecule has 1 N–H and O–H groups in total. The van der Waals surface area contributed by atoms with Crippen LogP contribution in [-0.2, 0) is 9.84 Å². The Kier molecular flexibility index (Phi) is 3.52. The van der Waals surface area contributed by atoms with E-state index in [1.54, 1.807) is 14.0 Å². The average Bonchev–Trinajstić information content (AvgIpc) is 2.19. The Labute approximate surface area is 96.2 Å². The van der Waals surface area contributed by atoms with E-state index in [2.05, 4.69) is 15.3 Å². The zero-order chi connectivity index (χ0) is 12.5. The molecule has 0 spiro atoms. The fourth-order valence-corrected chi connectivity index (χ4v) is 1.76. The van der Waals surface area contributed by atoms with Gasteiger partial charge in [-0.05, 0) is 20.8 Å². The van der Waals surface area contributed by atoms with Gasteiger partial charge in [-0.2, -0.15) is 0 Å². The van der Waals surface area contributed by atoms with Gasteiger partial charge in [0.05, 0.1) is 0 Å². The third-order valence-corrected chi connectivity index (χ3v) is 4.14. The summed E-state index contributed by atoms with van der Waals surface area (Å²) in [7, 11) is -1.41. The number of hydrogen-bond acceptors (Lipinski definition) is 5. The van der Waals surface area contributed by atoms with Crippen molar-refractivity contribution >= 4 is 15.7 Å². The van der Waals surface area contributed by atoms with Gasteiger partial charge in [0.1, 0.15) is 16.9 Å². The van der Waals surface area contributed by atoms with E-state index in [4.69, 9.17) is 0 Å². The molecule has 1 unspecified atom stereocenters. The van der Waals surface area contributed by atoms with Crippen LogP contribution in [-0.4, -0.2) is 31.7 Å². The predicted molar refractivity (Wildman–Crippen MR) is 64.3 cm³/mol. The molecule has 0 saturated carbocycles. The minimum absolute atomic E-state index is 0.343. The first-order chi connectivity index (χ1) is 7.27. The summed E-state index contributed by atoms with van der Waals surface area (Å²) in [6, 6.07) is 0. The van der Waals surface area contributed by atoms with Gasteiger partial charge in [-0.3, -0.25) is 0 Å². The van der Waals surface area contributed by atoms with Gasteiger partial charge in [-0.15, -0.1) is 0 Å². The summed E-state index contributed by atoms with van der Waals surface area (Å²) in [5.74, 6) is 1.02. The van der Waals surface area contributed by atoms with Crippen molar-refractivity contribution in [1.29, 1.82) is 0 Å². The molecule has 0 aliphatic heterocycles. The molecular formula is C10H17N3O2S. The molecular weight excluding hydrogens is 226 g/mol. The van der Waals surface area contributed by atoms with Crippen molar-refractivity contribution < 1.29 is 8.42 Å². The zero-order valence-electron chi connectivity index (χ0n) is 10.2. The smallest absolute Gasteiger partial charge is 0.157 e. The molecule has 6 heteroatoms. The lowest BCUT2D eigenvalue weighted by Gasteiger charge is -2.13. The molecule has 1 heterocycles. The lowest BCUT2D eigenvalue weighted by molar-refractivity contribution is 0.589. The molecule has 16 heavy (non-hydrogen) atoms. The first-order valence-corrected chi connectivity index (χ1v) is 6.94. The van der Waals surface area contributed by atoms with Gasteiger partial charge >= 0.3 is 0 Å². The third-order valence-electron chi connectivity index (χ3n) is 2.65. The van der Waals surface area contributed by atoms with E-state index in [9.17, 15) is 8.42 Å². The second kappa shape index (κ2) is 4.37. The summed E-state index contributed by atoms with van der Waals surface area (Å²) in [5.41, 5.74) is 1.73. The maximum atomic E-state index is 11.4. The zero-order valence-corrected chi connectivity index (χ0v) is 11.0. The Balaban J connectivity index is 3.32. The number of hydrogen-bond donors (Lipinski definition) is 1. The molecule has 0 saturated heterocycles. The van der Waals surface area contributed by atoms with E-state index in [1.807, 2.05) is 13.8 Å². The summed E-state index contributed by atoms with van der Waals surface area (Å²) < 4.78 is 22.9. The summed E-state index contributed by atoms with van der Waals surface area (Å²) >= 11 is 0. The Hall–Kier alpha value is -1.17. The topological polar surface area (TPSA) is 72.0 Å². The van der Waals surface area contributed by atoms with Crippen molar-refractivity contribution in [3.05, 3.63) is 17.1 Å². The molecule has 1 atom stereocenters. The van der Waals surface area contributed by atoms with Gasteiger partial charge in [0.25, 0.3) is 0 Å². The molecule has 0 bridgehead atoms. The van der Waals surface area contributed by atoms with Gasteiger partial charge in [-0.25, -0.2) is 18.4 Å². The number of sulfone groups is 1. The fourth-order valence-electron chi connectivity index (χ4n) is 1.27. The van der Waals surface area contributed by atoms with Crippen LogP contribution in [0.25, 0.3) is 0 Å². The molecule has 1 aromatic heterocycles. The van der Waals surface area contributed by atoms with E-state index in [1.165, 1.54) is 6.26 Å². The Bertz CT molecular complexity index is 497. The molecule has 0 aromatic carbocycles. The van der Waals surface area contributed by atoms with Crippen molar-refractivity contribution in [2.24, 2.45) is 0 Å². The highest BCUT2D eigenvalue weighted by Gasteiger charge is 2.21. The van der Waals surface area contributed by atoms with Crippen LogP contribution in [0.3, 0.4) is 0 Å². The second-order valence-corrected chi connectivity index (χ2v) is 6.23. The van der Waals surface area contributed by atoms with E-state index >= 15 is 0 Å². The first-order valence-electron chi connectivity index (χ1n) is 4.99. The predicted octanol–water partition coefficient (Wildman–Crippen LogP) is 1.24. The average molecular weight is 243 g/mol. The molecule has 5 nitrogen and oxygen atoms in total. The number of rotatable bonds is 3. The van der Waals surface area contributed by atoms with Crippen molar-refractivity contribution in [2.45, 2.75) is 26.0 Å². The van der Waals surface area contributed by atoms with Gasteiger partial charge in [0.2, 0.25) is 0 Å². The van der Waals surface area contributed by atoms with Crippen molar-refractivity contribution in [3.63, 3.8) is 0 Å². The first kappa shape index (κ1) is 12.9. The molecule has 0 aliphatic carbocycles. The van der Waals surface area contributed by atoms with Crippen LogP contribution in [0.1, 0.15) is 29.3 Å². The second-order valence-electron chi connectivity index (χ2n) is 3.86. The van der Waals surface area contributed by atoms with Crippen LogP contribution >= 0.6 is 0 Å². The van der Waals surface area contributed by atoms with E-state index in [-0.39, 0.29) is 0 Å². The Morgan fingerprint density at radius 3 is 2.25 bits per heavy atom. The van der Waals surface area contributed by atoms with E-state index in [0.717, 1.165) is 11.3 Å². The Morgan fingerprint density at radius 2 is 1.81 bits per heavy atom. The van der Waals surface area contributed by atoms with E-state index in [0.29, 0.717) is 11.6 Å². The lowest BCUT2D eigenvalue weighted by Crippen LogP contribution is -2.14. The number of anilines is 1. The summed E-state index contributed by atoms with van der Waals surface area (Å²) in [6.07, 6.45) is 1.19. The van der Waals surface area contributed by atoms with Crippen molar-refractivity contribution in [3.8, 4) is 0 Å². The molecule has 1 rings (SSSR count). The van der Waals surface area contributed by atoms with Crippen molar-refractivity contribution in [2.75, 3.05) is 18.6 Å².